The first-order valence-corrected chi connectivity index (χ1v) is 12.1. The summed E-state index contributed by atoms with van der Waals surface area (Å²) < 4.78 is 33.1. The van der Waals surface area contributed by atoms with E-state index in [4.69, 9.17) is 11.2 Å². The van der Waals surface area contributed by atoms with Crippen LogP contribution in [0.4, 0.5) is 14.5 Å². The molecule has 180 valence electrons. The van der Waals surface area contributed by atoms with E-state index in [0.717, 1.165) is 56.3 Å². The van der Waals surface area contributed by atoms with Crippen LogP contribution in [-0.2, 0) is 9.53 Å². The predicted octanol–water partition coefficient (Wildman–Crippen LogP) is 4.98. The Hall–Kier alpha value is -2.75. The first-order valence-electron chi connectivity index (χ1n) is 12.1. The van der Waals surface area contributed by atoms with E-state index >= 15 is 0 Å². The molecule has 0 N–H and O–H groups in total. The fourth-order valence-electron chi connectivity index (χ4n) is 5.17. The van der Waals surface area contributed by atoms with Crippen LogP contribution in [-0.4, -0.2) is 50.2 Å². The number of ether oxygens (including phenoxy) is 1. The Morgan fingerprint density at radius 1 is 1.03 bits per heavy atom. The number of amides is 1. The molecule has 1 amide bonds. The first kappa shape index (κ1) is 24.4. The van der Waals surface area contributed by atoms with Crippen LogP contribution in [0, 0.1) is 29.9 Å². The van der Waals surface area contributed by atoms with Crippen LogP contribution < -0.4 is 4.90 Å². The molecule has 34 heavy (non-hydrogen) atoms. The van der Waals surface area contributed by atoms with E-state index in [9.17, 15) is 13.6 Å². The molecule has 2 heterocycles. The van der Waals surface area contributed by atoms with Gasteiger partial charge in [0, 0.05) is 19.1 Å². The van der Waals surface area contributed by atoms with E-state index in [2.05, 4.69) is 10.8 Å². The van der Waals surface area contributed by atoms with Crippen molar-refractivity contribution in [3.8, 4) is 12.3 Å². The molecular formula is C28H32F2N2O2. The number of fused-ring (bicyclic) bond motifs is 1. The molecule has 2 aliphatic heterocycles. The van der Waals surface area contributed by atoms with E-state index in [1.807, 2.05) is 0 Å². The van der Waals surface area contributed by atoms with Crippen molar-refractivity contribution < 1.29 is 18.3 Å². The van der Waals surface area contributed by atoms with Crippen molar-refractivity contribution in [1.82, 2.24) is 4.90 Å². The van der Waals surface area contributed by atoms with Crippen LogP contribution in [0.5, 0.6) is 0 Å². The Kier molecular flexibility index (Phi) is 8.31. The summed E-state index contributed by atoms with van der Waals surface area (Å²) in [7, 11) is 0. The first-order chi connectivity index (χ1) is 16.5. The molecule has 0 aliphatic carbocycles. The second-order valence-corrected chi connectivity index (χ2v) is 9.26. The van der Waals surface area contributed by atoms with Gasteiger partial charge in [-0.15, -0.1) is 6.42 Å². The minimum absolute atomic E-state index is 0.00133. The molecule has 1 atom stereocenters. The minimum atomic E-state index is -0.357. The normalized spacial score (nSPS) is 19.3. The summed E-state index contributed by atoms with van der Waals surface area (Å²) in [6, 6.07) is 11.2. The average molecular weight is 467 g/mol. The Bertz CT molecular complexity index is 1010. The molecule has 0 aromatic heterocycles. The SMILES string of the molecule is C#CCOCCC1CCN(CC(=O)N2CCCC(c3ccc(F)cc3)c3ccc(F)cc32)CC1. The fourth-order valence-corrected chi connectivity index (χ4v) is 5.17. The van der Waals surface area contributed by atoms with Crippen LogP contribution in [0.2, 0.25) is 0 Å². The van der Waals surface area contributed by atoms with Crippen molar-refractivity contribution in [2.45, 2.75) is 38.0 Å². The van der Waals surface area contributed by atoms with E-state index in [1.54, 1.807) is 23.1 Å². The monoisotopic (exact) mass is 466 g/mol. The van der Waals surface area contributed by atoms with Gasteiger partial charge >= 0.3 is 0 Å². The number of carbonyl (C=O) groups excluding carboxylic acids is 1. The lowest BCUT2D eigenvalue weighted by atomic mass is 9.87. The molecule has 0 saturated carbocycles. The summed E-state index contributed by atoms with van der Waals surface area (Å²) in [4.78, 5) is 17.3. The molecule has 6 heteroatoms. The molecule has 4 nitrogen and oxygen atoms in total. The van der Waals surface area contributed by atoms with Crippen LogP contribution >= 0.6 is 0 Å². The smallest absolute Gasteiger partial charge is 0.241 e. The molecule has 0 radical (unpaired) electrons. The zero-order valence-electron chi connectivity index (χ0n) is 19.5. The van der Waals surface area contributed by atoms with Gasteiger partial charge in [0.2, 0.25) is 5.91 Å². The third kappa shape index (κ3) is 6.02. The number of benzene rings is 2. The molecule has 0 spiro atoms. The van der Waals surface area contributed by atoms with Gasteiger partial charge < -0.3 is 9.64 Å². The molecule has 1 fully saturated rings. The molecule has 1 unspecified atom stereocenters. The van der Waals surface area contributed by atoms with Crippen LogP contribution in [0.15, 0.2) is 42.5 Å². The van der Waals surface area contributed by atoms with Crippen LogP contribution in [0.3, 0.4) is 0 Å². The molecule has 4 rings (SSSR count). The maximum absolute atomic E-state index is 14.3. The number of piperidine rings is 1. The number of anilines is 1. The number of hydrogen-bond acceptors (Lipinski definition) is 3. The van der Waals surface area contributed by atoms with Gasteiger partial charge in [0.15, 0.2) is 0 Å². The topological polar surface area (TPSA) is 32.8 Å². The summed E-state index contributed by atoms with van der Waals surface area (Å²) >= 11 is 0. The summed E-state index contributed by atoms with van der Waals surface area (Å²) in [5, 5.41) is 0. The third-order valence-corrected chi connectivity index (χ3v) is 7.03. The maximum atomic E-state index is 14.3. The van der Waals surface area contributed by atoms with E-state index in [-0.39, 0.29) is 23.5 Å². The highest BCUT2D eigenvalue weighted by atomic mass is 19.1. The van der Waals surface area contributed by atoms with E-state index < -0.39 is 0 Å². The van der Waals surface area contributed by atoms with Crippen LogP contribution in [0.1, 0.15) is 49.1 Å². The van der Waals surface area contributed by atoms with Crippen molar-refractivity contribution in [3.63, 3.8) is 0 Å². The van der Waals surface area contributed by atoms with Crippen molar-refractivity contribution >= 4 is 11.6 Å². The highest BCUT2D eigenvalue weighted by Crippen LogP contribution is 2.39. The summed E-state index contributed by atoms with van der Waals surface area (Å²) in [5.41, 5.74) is 2.54. The lowest BCUT2D eigenvalue weighted by Gasteiger charge is -2.33. The number of hydrogen-bond donors (Lipinski definition) is 0. The molecule has 2 aromatic rings. The Labute approximate surface area is 200 Å². The standard InChI is InChI=1S/C28H32F2N2O2/c1-2-17-34-18-13-21-11-15-31(16-12-21)20-28(33)32-14-3-4-25(22-5-7-23(29)8-6-22)26-10-9-24(30)19-27(26)32/h1,5-10,19,21,25H,3-4,11-18,20H2. The van der Waals surface area contributed by atoms with Gasteiger partial charge in [-0.05, 0) is 86.5 Å². The van der Waals surface area contributed by atoms with Gasteiger partial charge in [-0.2, -0.15) is 0 Å². The van der Waals surface area contributed by atoms with Gasteiger partial charge in [-0.1, -0.05) is 24.1 Å². The lowest BCUT2D eigenvalue weighted by molar-refractivity contribution is -0.120. The highest BCUT2D eigenvalue weighted by Gasteiger charge is 2.29. The maximum Gasteiger partial charge on any atom is 0.241 e. The summed E-state index contributed by atoms with van der Waals surface area (Å²) in [6.45, 7) is 3.65. The van der Waals surface area contributed by atoms with Gasteiger partial charge in [0.05, 0.1) is 12.2 Å². The van der Waals surface area contributed by atoms with Crippen LogP contribution in [0.25, 0.3) is 0 Å². The fraction of sp³-hybridized carbons (Fsp3) is 0.464. The zero-order chi connectivity index (χ0) is 23.9. The second kappa shape index (κ2) is 11.6. The molecule has 0 bridgehead atoms. The average Bonchev–Trinajstić information content (AvgIpc) is 3.03. The molecule has 1 saturated heterocycles. The third-order valence-electron chi connectivity index (χ3n) is 7.03. The second-order valence-electron chi connectivity index (χ2n) is 9.26. The quantitative estimate of drug-likeness (QED) is 0.426. The Morgan fingerprint density at radius 3 is 2.50 bits per heavy atom. The van der Waals surface area contributed by atoms with Crippen molar-refractivity contribution in [1.29, 1.82) is 0 Å². The highest BCUT2D eigenvalue weighted by molar-refractivity contribution is 5.96. The van der Waals surface area contributed by atoms with Crippen molar-refractivity contribution in [2.75, 3.05) is 44.3 Å². The number of terminal acetylenes is 1. The largest absolute Gasteiger partial charge is 0.369 e. The zero-order valence-corrected chi connectivity index (χ0v) is 19.5. The van der Waals surface area contributed by atoms with Gasteiger partial charge in [0.25, 0.3) is 0 Å². The van der Waals surface area contributed by atoms with Crippen molar-refractivity contribution in [3.05, 3.63) is 65.2 Å². The summed E-state index contributed by atoms with van der Waals surface area (Å²) in [6.07, 6.45) is 9.89. The van der Waals surface area contributed by atoms with Crippen molar-refractivity contribution in [2.24, 2.45) is 5.92 Å². The number of nitrogens with zero attached hydrogens (tertiary/aromatic N) is 2. The van der Waals surface area contributed by atoms with Gasteiger partial charge in [0.1, 0.15) is 18.2 Å². The summed E-state index contributed by atoms with van der Waals surface area (Å²) in [5.74, 6) is 2.44. The Morgan fingerprint density at radius 2 is 1.76 bits per heavy atom. The number of halogens is 2. The lowest BCUT2D eigenvalue weighted by Crippen LogP contribution is -2.44. The van der Waals surface area contributed by atoms with E-state index in [0.29, 0.717) is 37.9 Å². The molecular weight excluding hydrogens is 434 g/mol. The minimum Gasteiger partial charge on any atom is -0.369 e. The predicted molar refractivity (Wildman–Crippen MR) is 130 cm³/mol. The molecule has 2 aliphatic rings. The Balaban J connectivity index is 1.43. The number of carbonyl (C=O) groups is 1. The molecule has 2 aromatic carbocycles. The number of likely N-dealkylation sites (tertiary alicyclic amines) is 1. The van der Waals surface area contributed by atoms with Gasteiger partial charge in [-0.25, -0.2) is 8.78 Å². The number of rotatable bonds is 7. The van der Waals surface area contributed by atoms with E-state index in [1.165, 1.54) is 24.3 Å². The van der Waals surface area contributed by atoms with Gasteiger partial charge in [-0.3, -0.25) is 9.69 Å².